The number of nitrogens with zero attached hydrogens (tertiary/aromatic N) is 4. The normalized spacial score (nSPS) is 14.0. The van der Waals surface area contributed by atoms with Gasteiger partial charge >= 0.3 is 5.69 Å². The molecular weight excluding hydrogens is 432 g/mol. The monoisotopic (exact) mass is 464 g/mol. The van der Waals surface area contributed by atoms with E-state index in [9.17, 15) is 14.4 Å². The van der Waals surface area contributed by atoms with Crippen molar-refractivity contribution in [3.63, 3.8) is 0 Å². The highest BCUT2D eigenvalue weighted by molar-refractivity contribution is 5.95. The molecule has 0 saturated carbocycles. The van der Waals surface area contributed by atoms with Crippen LogP contribution in [0.5, 0.6) is 5.75 Å². The van der Waals surface area contributed by atoms with E-state index in [1.165, 1.54) is 0 Å². The SMILES string of the molecule is CCCn1c(=O)n(CCC(=O)N2CCN(C(=O)c3ccc(C)c(OC)c3)CC2)c2ccccc21. The van der Waals surface area contributed by atoms with Crippen molar-refractivity contribution in [1.29, 1.82) is 0 Å². The van der Waals surface area contributed by atoms with Gasteiger partial charge in [0.25, 0.3) is 5.91 Å². The number of ether oxygens (including phenoxy) is 1. The lowest BCUT2D eigenvalue weighted by atomic mass is 10.1. The Morgan fingerprint density at radius 1 is 0.912 bits per heavy atom. The molecule has 4 rings (SSSR count). The molecule has 0 N–H and O–H groups in total. The number of amides is 2. The molecule has 0 bridgehead atoms. The number of imidazole rings is 1. The third-order valence-electron chi connectivity index (χ3n) is 6.50. The highest BCUT2D eigenvalue weighted by Crippen LogP contribution is 2.21. The van der Waals surface area contributed by atoms with E-state index in [-0.39, 0.29) is 23.9 Å². The summed E-state index contributed by atoms with van der Waals surface area (Å²) in [6.07, 6.45) is 1.12. The van der Waals surface area contributed by atoms with Gasteiger partial charge < -0.3 is 14.5 Å². The van der Waals surface area contributed by atoms with Crippen LogP contribution in [0.1, 0.15) is 35.7 Å². The lowest BCUT2D eigenvalue weighted by Crippen LogP contribution is -2.50. The minimum atomic E-state index is -0.0696. The van der Waals surface area contributed by atoms with E-state index in [4.69, 9.17) is 4.74 Å². The molecule has 1 aliphatic rings. The van der Waals surface area contributed by atoms with Gasteiger partial charge in [-0.25, -0.2) is 4.79 Å². The number of para-hydroxylation sites is 2. The Hall–Kier alpha value is -3.55. The third-order valence-corrected chi connectivity index (χ3v) is 6.50. The predicted molar refractivity (Wildman–Crippen MR) is 131 cm³/mol. The van der Waals surface area contributed by atoms with Crippen LogP contribution in [0, 0.1) is 6.92 Å². The Balaban J connectivity index is 1.37. The Bertz CT molecular complexity index is 1250. The van der Waals surface area contributed by atoms with Crippen molar-refractivity contribution in [2.45, 2.75) is 39.8 Å². The molecule has 3 aromatic rings. The van der Waals surface area contributed by atoms with Crippen molar-refractivity contribution in [3.05, 3.63) is 64.1 Å². The molecule has 0 atom stereocenters. The van der Waals surface area contributed by atoms with Crippen LogP contribution in [-0.2, 0) is 17.9 Å². The Kier molecular flexibility index (Phi) is 7.05. The highest BCUT2D eigenvalue weighted by atomic mass is 16.5. The second kappa shape index (κ2) is 10.2. The maximum atomic E-state index is 12.9. The van der Waals surface area contributed by atoms with Crippen molar-refractivity contribution >= 4 is 22.8 Å². The smallest absolute Gasteiger partial charge is 0.329 e. The van der Waals surface area contributed by atoms with Gasteiger partial charge in [0.15, 0.2) is 0 Å². The van der Waals surface area contributed by atoms with Crippen molar-refractivity contribution in [3.8, 4) is 5.75 Å². The number of methoxy groups -OCH3 is 1. The number of hydrogen-bond acceptors (Lipinski definition) is 4. The van der Waals surface area contributed by atoms with Crippen LogP contribution in [0.15, 0.2) is 47.3 Å². The number of rotatable bonds is 7. The number of fused-ring (bicyclic) bond motifs is 1. The molecule has 8 heteroatoms. The fourth-order valence-corrected chi connectivity index (χ4v) is 4.59. The quantitative estimate of drug-likeness (QED) is 0.539. The van der Waals surface area contributed by atoms with E-state index in [1.54, 1.807) is 32.1 Å². The van der Waals surface area contributed by atoms with Crippen molar-refractivity contribution in [1.82, 2.24) is 18.9 Å². The first-order valence-electron chi connectivity index (χ1n) is 11.8. The van der Waals surface area contributed by atoms with Gasteiger partial charge in [-0.05, 0) is 43.2 Å². The summed E-state index contributed by atoms with van der Waals surface area (Å²) in [5.41, 5.74) is 3.26. The molecule has 2 heterocycles. The number of piperazine rings is 1. The maximum absolute atomic E-state index is 12.9. The van der Waals surface area contributed by atoms with Crippen LogP contribution < -0.4 is 10.4 Å². The molecule has 0 radical (unpaired) electrons. The summed E-state index contributed by atoms with van der Waals surface area (Å²) in [6, 6.07) is 13.2. The predicted octanol–water partition coefficient (Wildman–Crippen LogP) is 2.90. The van der Waals surface area contributed by atoms with E-state index in [0.29, 0.717) is 50.6 Å². The summed E-state index contributed by atoms with van der Waals surface area (Å²) < 4.78 is 8.82. The molecule has 1 saturated heterocycles. The molecule has 0 unspecified atom stereocenters. The number of carbonyl (C=O) groups is 2. The lowest BCUT2D eigenvalue weighted by Gasteiger charge is -2.35. The number of carbonyl (C=O) groups excluding carboxylic acids is 2. The molecular formula is C26H32N4O4. The zero-order valence-electron chi connectivity index (χ0n) is 20.1. The Labute approximate surface area is 199 Å². The number of aromatic nitrogens is 2. The van der Waals surface area contributed by atoms with Gasteiger partial charge in [0.2, 0.25) is 5.91 Å². The lowest BCUT2D eigenvalue weighted by molar-refractivity contribution is -0.132. The number of aryl methyl sites for hydroxylation is 3. The largest absolute Gasteiger partial charge is 0.496 e. The third kappa shape index (κ3) is 4.58. The molecule has 2 aromatic carbocycles. The topological polar surface area (TPSA) is 76.8 Å². The van der Waals surface area contributed by atoms with Crippen molar-refractivity contribution in [2.24, 2.45) is 0 Å². The summed E-state index contributed by atoms with van der Waals surface area (Å²) in [6.45, 7) is 6.92. The Morgan fingerprint density at radius 2 is 1.53 bits per heavy atom. The van der Waals surface area contributed by atoms with Crippen molar-refractivity contribution in [2.75, 3.05) is 33.3 Å². The van der Waals surface area contributed by atoms with Gasteiger partial charge in [0.05, 0.1) is 18.1 Å². The number of benzene rings is 2. The van der Waals surface area contributed by atoms with Crippen molar-refractivity contribution < 1.29 is 14.3 Å². The van der Waals surface area contributed by atoms with Crippen LogP contribution >= 0.6 is 0 Å². The van der Waals surface area contributed by atoms with E-state index in [1.807, 2.05) is 50.2 Å². The van der Waals surface area contributed by atoms with Crippen LogP contribution in [0.25, 0.3) is 11.0 Å². The van der Waals surface area contributed by atoms with E-state index in [2.05, 4.69) is 0 Å². The fraction of sp³-hybridized carbons (Fsp3) is 0.423. The summed E-state index contributed by atoms with van der Waals surface area (Å²) in [4.78, 5) is 42.3. The van der Waals surface area contributed by atoms with Gasteiger partial charge in [-0.15, -0.1) is 0 Å². The molecule has 0 spiro atoms. The molecule has 0 aliphatic carbocycles. The van der Waals surface area contributed by atoms with Crippen LogP contribution in [0.3, 0.4) is 0 Å². The average molecular weight is 465 g/mol. The summed E-state index contributed by atoms with van der Waals surface area (Å²) >= 11 is 0. The minimum Gasteiger partial charge on any atom is -0.496 e. The van der Waals surface area contributed by atoms with Gasteiger partial charge in [-0.1, -0.05) is 25.1 Å². The summed E-state index contributed by atoms with van der Waals surface area (Å²) in [5, 5.41) is 0. The van der Waals surface area contributed by atoms with Crippen LogP contribution in [0.4, 0.5) is 0 Å². The van der Waals surface area contributed by atoms with Crippen LogP contribution in [0.2, 0.25) is 0 Å². The first-order valence-corrected chi connectivity index (χ1v) is 11.8. The van der Waals surface area contributed by atoms with E-state index < -0.39 is 0 Å². The average Bonchev–Trinajstić information content (AvgIpc) is 3.13. The zero-order valence-corrected chi connectivity index (χ0v) is 20.1. The van der Waals surface area contributed by atoms with E-state index >= 15 is 0 Å². The molecule has 180 valence electrons. The standard InChI is InChI=1S/C26H32N4O4/c1-4-12-29-21-7-5-6-8-22(21)30(26(29)33)13-11-24(31)27-14-16-28(17-15-27)25(32)20-10-9-19(2)23(18-20)34-3/h5-10,18H,4,11-17H2,1-3H3. The minimum absolute atomic E-state index is 0.00308. The molecule has 1 aliphatic heterocycles. The molecule has 1 aromatic heterocycles. The highest BCUT2D eigenvalue weighted by Gasteiger charge is 2.25. The second-order valence-corrected chi connectivity index (χ2v) is 8.68. The van der Waals surface area contributed by atoms with Gasteiger partial charge in [0.1, 0.15) is 5.75 Å². The summed E-state index contributed by atoms with van der Waals surface area (Å²) in [5.74, 6) is 0.638. The molecule has 1 fully saturated rings. The van der Waals surface area contributed by atoms with Gasteiger partial charge in [-0.2, -0.15) is 0 Å². The molecule has 34 heavy (non-hydrogen) atoms. The first kappa shape index (κ1) is 23.6. The number of hydrogen-bond donors (Lipinski definition) is 0. The molecule has 8 nitrogen and oxygen atoms in total. The maximum Gasteiger partial charge on any atom is 0.329 e. The van der Waals surface area contributed by atoms with Gasteiger partial charge in [0, 0.05) is 51.3 Å². The summed E-state index contributed by atoms with van der Waals surface area (Å²) in [7, 11) is 1.59. The van der Waals surface area contributed by atoms with E-state index in [0.717, 1.165) is 23.0 Å². The van der Waals surface area contributed by atoms with Gasteiger partial charge in [-0.3, -0.25) is 18.7 Å². The van der Waals surface area contributed by atoms with Crippen LogP contribution in [-0.4, -0.2) is 64.0 Å². The second-order valence-electron chi connectivity index (χ2n) is 8.68. The zero-order chi connectivity index (χ0) is 24.2. The first-order chi connectivity index (χ1) is 16.4. The molecule has 2 amide bonds. The fourth-order valence-electron chi connectivity index (χ4n) is 4.59. The Morgan fingerprint density at radius 3 is 2.15 bits per heavy atom.